The van der Waals surface area contributed by atoms with E-state index >= 15 is 0 Å². The highest BCUT2D eigenvalue weighted by Crippen LogP contribution is 2.42. The first-order chi connectivity index (χ1) is 23.4. The van der Waals surface area contributed by atoms with Crippen molar-refractivity contribution in [3.05, 3.63) is 72.1 Å². The second-order valence-corrected chi connectivity index (χ2v) is 14.6. The summed E-state index contributed by atoms with van der Waals surface area (Å²) < 4.78 is 29.4. The van der Waals surface area contributed by atoms with Crippen molar-refractivity contribution in [2.24, 2.45) is 35.5 Å². The first-order valence-electron chi connectivity index (χ1n) is 17.7. The van der Waals surface area contributed by atoms with E-state index in [1.165, 1.54) is 32.4 Å². The van der Waals surface area contributed by atoms with Crippen LogP contribution in [0.15, 0.2) is 72.1 Å². The smallest absolute Gasteiger partial charge is 0.373 e. The fourth-order valence-electron chi connectivity index (χ4n) is 7.00. The largest absolute Gasteiger partial charge is 0.490 e. The van der Waals surface area contributed by atoms with Crippen molar-refractivity contribution in [3.8, 4) is 0 Å². The molecular weight excluding hydrogens is 640 g/mol. The number of cyclic esters (lactones) is 1. The van der Waals surface area contributed by atoms with E-state index in [0.29, 0.717) is 12.0 Å². The van der Waals surface area contributed by atoms with Crippen LogP contribution in [0.1, 0.15) is 75.2 Å². The molecule has 2 heterocycles. The number of carbonyl (C=O) groups excluding carboxylic acids is 2. The second kappa shape index (κ2) is 19.6. The number of aliphatic hydroxyl groups is 3. The van der Waals surface area contributed by atoms with Gasteiger partial charge in [0.2, 0.25) is 5.76 Å². The van der Waals surface area contributed by atoms with Gasteiger partial charge in [0.1, 0.15) is 18.3 Å². The molecular formula is C40H62O10. The minimum absolute atomic E-state index is 0.0251. The van der Waals surface area contributed by atoms with Crippen molar-refractivity contribution in [2.75, 3.05) is 14.2 Å². The Morgan fingerprint density at radius 1 is 1.12 bits per heavy atom. The number of ether oxygens (including phenoxy) is 5. The molecule has 0 aliphatic carbocycles. The van der Waals surface area contributed by atoms with Gasteiger partial charge < -0.3 is 39.0 Å². The first kappa shape index (κ1) is 43.1. The first-order valence-corrected chi connectivity index (χ1v) is 17.7. The Labute approximate surface area is 299 Å². The molecule has 1 fully saturated rings. The summed E-state index contributed by atoms with van der Waals surface area (Å²) in [5, 5.41) is 35.0. The van der Waals surface area contributed by atoms with Crippen LogP contribution in [0.3, 0.4) is 0 Å². The fraction of sp³-hybridized carbons (Fsp3) is 0.650. The molecule has 0 aromatic rings. The highest BCUT2D eigenvalue weighted by molar-refractivity contribution is 5.87. The predicted molar refractivity (Wildman–Crippen MR) is 193 cm³/mol. The maximum Gasteiger partial charge on any atom is 0.373 e. The molecule has 0 aromatic carbocycles. The Balaban J connectivity index is 2.55. The lowest BCUT2D eigenvalue weighted by molar-refractivity contribution is -0.329. The number of rotatable bonds is 10. The van der Waals surface area contributed by atoms with E-state index in [0.717, 1.165) is 5.57 Å². The summed E-state index contributed by atoms with van der Waals surface area (Å²) in [7, 11) is 2.85. The molecule has 282 valence electrons. The van der Waals surface area contributed by atoms with E-state index in [1.807, 2.05) is 66.7 Å². The minimum atomic E-state index is -1.89. The van der Waals surface area contributed by atoms with Gasteiger partial charge >= 0.3 is 11.9 Å². The van der Waals surface area contributed by atoms with Crippen molar-refractivity contribution in [1.29, 1.82) is 0 Å². The van der Waals surface area contributed by atoms with E-state index in [9.17, 15) is 24.9 Å². The highest BCUT2D eigenvalue weighted by Gasteiger charge is 2.53. The van der Waals surface area contributed by atoms with Gasteiger partial charge in [0.15, 0.2) is 5.79 Å². The SMILES string of the molecule is C=C/C=C/C(=O)O[C@@H]1C[C@](O)([C@@H](C)[C@H](O)[C@H](C)[C@H]2OC(=O)/C(OC)=C/C(C)=C/[C@@H](C)[C@@H](O)[C@@H](C)C/C(C)=C/C=C/[C@@H]2OC)O[C@H](C(C)C)[C@H]1C. The van der Waals surface area contributed by atoms with Crippen LogP contribution in [-0.2, 0) is 33.3 Å². The molecule has 0 bridgehead atoms. The van der Waals surface area contributed by atoms with Crippen LogP contribution < -0.4 is 0 Å². The van der Waals surface area contributed by atoms with Gasteiger partial charge in [-0.3, -0.25) is 0 Å². The lowest BCUT2D eigenvalue weighted by Crippen LogP contribution is -2.59. The van der Waals surface area contributed by atoms with Gasteiger partial charge in [0.05, 0.1) is 25.4 Å². The van der Waals surface area contributed by atoms with Crippen molar-refractivity contribution in [1.82, 2.24) is 0 Å². The molecule has 2 rings (SSSR count). The molecule has 0 aromatic heterocycles. The van der Waals surface area contributed by atoms with Crippen LogP contribution in [0.4, 0.5) is 0 Å². The normalized spacial score (nSPS) is 37.6. The van der Waals surface area contributed by atoms with Gasteiger partial charge in [-0.25, -0.2) is 9.59 Å². The molecule has 0 unspecified atom stereocenters. The van der Waals surface area contributed by atoms with Gasteiger partial charge in [-0.05, 0) is 38.2 Å². The third kappa shape index (κ3) is 11.5. The number of carbonyl (C=O) groups is 2. The maximum absolute atomic E-state index is 13.6. The van der Waals surface area contributed by atoms with E-state index < -0.39 is 66.2 Å². The lowest BCUT2D eigenvalue weighted by Gasteiger charge is -2.50. The van der Waals surface area contributed by atoms with Crippen LogP contribution in [0, 0.1) is 35.5 Å². The van der Waals surface area contributed by atoms with Crippen molar-refractivity contribution >= 4 is 11.9 Å². The van der Waals surface area contributed by atoms with Crippen LogP contribution in [0.2, 0.25) is 0 Å². The van der Waals surface area contributed by atoms with Gasteiger partial charge in [0.25, 0.3) is 0 Å². The third-order valence-electron chi connectivity index (χ3n) is 10.1. The van der Waals surface area contributed by atoms with E-state index in [1.54, 1.807) is 26.0 Å². The number of aliphatic hydroxyl groups excluding tert-OH is 2. The molecule has 12 atom stereocenters. The Morgan fingerprint density at radius 3 is 2.36 bits per heavy atom. The van der Waals surface area contributed by atoms with Crippen molar-refractivity contribution in [3.63, 3.8) is 0 Å². The molecule has 0 amide bonds. The molecule has 0 saturated carbocycles. The van der Waals surface area contributed by atoms with Crippen LogP contribution in [0.25, 0.3) is 0 Å². The summed E-state index contributed by atoms with van der Waals surface area (Å²) in [6, 6.07) is 0. The number of methoxy groups -OCH3 is 2. The topological polar surface area (TPSA) is 141 Å². The average Bonchev–Trinajstić information content (AvgIpc) is 3.06. The predicted octanol–water partition coefficient (Wildman–Crippen LogP) is 5.99. The summed E-state index contributed by atoms with van der Waals surface area (Å²) in [5.74, 6) is -5.49. The van der Waals surface area contributed by atoms with E-state index in [4.69, 9.17) is 23.7 Å². The Bertz CT molecular complexity index is 1290. The van der Waals surface area contributed by atoms with Gasteiger partial charge in [-0.15, -0.1) is 0 Å². The molecule has 0 spiro atoms. The zero-order valence-electron chi connectivity index (χ0n) is 31.9. The number of hydrogen-bond acceptors (Lipinski definition) is 10. The minimum Gasteiger partial charge on any atom is -0.490 e. The number of hydrogen-bond donors (Lipinski definition) is 3. The molecule has 3 N–H and O–H groups in total. The van der Waals surface area contributed by atoms with Gasteiger partial charge in [0, 0.05) is 43.3 Å². The number of esters is 2. The molecule has 10 nitrogen and oxygen atoms in total. The summed E-state index contributed by atoms with van der Waals surface area (Å²) in [6.07, 6.45) is 8.84. The van der Waals surface area contributed by atoms with E-state index in [-0.39, 0.29) is 35.9 Å². The van der Waals surface area contributed by atoms with Gasteiger partial charge in [-0.2, -0.15) is 0 Å². The molecule has 2 aliphatic rings. The molecule has 10 heteroatoms. The molecule has 1 saturated heterocycles. The third-order valence-corrected chi connectivity index (χ3v) is 10.1. The van der Waals surface area contributed by atoms with Crippen LogP contribution >= 0.6 is 0 Å². The molecule has 2 aliphatic heterocycles. The summed E-state index contributed by atoms with van der Waals surface area (Å²) >= 11 is 0. The Hall–Kier alpha value is -3.02. The summed E-state index contributed by atoms with van der Waals surface area (Å²) in [6.45, 7) is 20.5. The van der Waals surface area contributed by atoms with Gasteiger partial charge in [-0.1, -0.05) is 103 Å². The molecule has 0 radical (unpaired) electrons. The summed E-state index contributed by atoms with van der Waals surface area (Å²) in [4.78, 5) is 26.2. The molecule has 50 heavy (non-hydrogen) atoms. The van der Waals surface area contributed by atoms with Crippen LogP contribution in [0.5, 0.6) is 0 Å². The number of allylic oxidation sites excluding steroid dienone is 7. The second-order valence-electron chi connectivity index (χ2n) is 14.6. The van der Waals surface area contributed by atoms with Crippen LogP contribution in [-0.4, -0.2) is 83.9 Å². The standard InChI is InChI=1S/C40H62O10/c1-13-14-18-34(41)48-33-22-40(45,50-37(23(2)3)28(33)8)30(10)36(43)29(9)38-31(46-11)17-15-16-24(4)19-26(6)35(42)27(7)20-25(5)21-32(47-12)39(44)49-38/h13-18,20-21,23,26-31,33,35-38,42-43,45H,1,19,22H2,2-12H3/b17-15+,18-14+,24-16+,25-20+,32-21-/t26-,27+,28-,29-,30-,31-,33+,35-,36+,37+,38+,40+/m0/s1. The Morgan fingerprint density at radius 2 is 1.78 bits per heavy atom. The maximum atomic E-state index is 13.6. The zero-order chi connectivity index (χ0) is 37.9. The lowest BCUT2D eigenvalue weighted by atomic mass is 9.76. The highest BCUT2D eigenvalue weighted by atomic mass is 16.6. The van der Waals surface area contributed by atoms with Crippen molar-refractivity contribution < 1.29 is 48.6 Å². The summed E-state index contributed by atoms with van der Waals surface area (Å²) in [5.41, 5.74) is 1.75. The fourth-order valence-corrected chi connectivity index (χ4v) is 7.00. The van der Waals surface area contributed by atoms with E-state index in [2.05, 4.69) is 6.58 Å². The van der Waals surface area contributed by atoms with Crippen molar-refractivity contribution in [2.45, 2.75) is 118 Å². The monoisotopic (exact) mass is 702 g/mol. The quantitative estimate of drug-likeness (QED) is 0.141. The Kier molecular flexibility index (Phi) is 16.9. The zero-order valence-corrected chi connectivity index (χ0v) is 31.9. The average molecular weight is 703 g/mol.